The Balaban J connectivity index is 1.60. The standard InChI is InChI=1S/C33H62O2Si2/c1-23(2)13-12-14-24(3)27-15-16-28-26-22-31(35-37(9,10)11)30-21-25(34-36(6,7)8)17-19-33(30,5)29(26)18-20-32(27,28)4/h21,23-29,31H,12-20,22H2,1-11H3/t24-,25+,26+,27-,28+,29+,31+,32-,33-/m1/s1. The van der Waals surface area contributed by atoms with Gasteiger partial charge in [-0.05, 0) is 136 Å². The van der Waals surface area contributed by atoms with Crippen LogP contribution in [-0.4, -0.2) is 28.8 Å². The minimum atomic E-state index is -1.66. The van der Waals surface area contributed by atoms with Crippen molar-refractivity contribution >= 4 is 16.6 Å². The van der Waals surface area contributed by atoms with E-state index in [4.69, 9.17) is 8.85 Å². The highest BCUT2D eigenvalue weighted by molar-refractivity contribution is 6.70. The Bertz CT molecular complexity index is 823. The predicted molar refractivity (Wildman–Crippen MR) is 165 cm³/mol. The summed E-state index contributed by atoms with van der Waals surface area (Å²) in [6.45, 7) is 26.9. The van der Waals surface area contributed by atoms with Gasteiger partial charge in [-0.2, -0.15) is 0 Å². The van der Waals surface area contributed by atoms with Crippen molar-refractivity contribution in [3.8, 4) is 0 Å². The highest BCUT2D eigenvalue weighted by Gasteiger charge is 2.61. The molecule has 0 aromatic rings. The average molecular weight is 547 g/mol. The highest BCUT2D eigenvalue weighted by Crippen LogP contribution is 2.68. The molecule has 37 heavy (non-hydrogen) atoms. The first-order chi connectivity index (χ1) is 17.0. The lowest BCUT2D eigenvalue weighted by molar-refractivity contribution is -0.0842. The van der Waals surface area contributed by atoms with Crippen molar-refractivity contribution in [2.24, 2.45) is 46.3 Å². The van der Waals surface area contributed by atoms with Gasteiger partial charge in [-0.3, -0.25) is 0 Å². The van der Waals surface area contributed by atoms with E-state index >= 15 is 0 Å². The number of rotatable bonds is 9. The van der Waals surface area contributed by atoms with Gasteiger partial charge >= 0.3 is 0 Å². The average Bonchev–Trinajstić information content (AvgIpc) is 3.10. The molecule has 3 saturated carbocycles. The molecule has 2 nitrogen and oxygen atoms in total. The summed E-state index contributed by atoms with van der Waals surface area (Å²) in [5.41, 5.74) is 2.48. The lowest BCUT2D eigenvalue weighted by atomic mass is 9.46. The van der Waals surface area contributed by atoms with E-state index in [9.17, 15) is 0 Å². The molecule has 0 bridgehead atoms. The van der Waals surface area contributed by atoms with Crippen LogP contribution in [0.5, 0.6) is 0 Å². The van der Waals surface area contributed by atoms with Gasteiger partial charge in [0, 0.05) is 0 Å². The van der Waals surface area contributed by atoms with E-state index in [1.54, 1.807) is 5.57 Å². The molecule has 4 heteroatoms. The van der Waals surface area contributed by atoms with Crippen molar-refractivity contribution in [3.63, 3.8) is 0 Å². The van der Waals surface area contributed by atoms with E-state index in [2.05, 4.69) is 80.0 Å². The summed E-state index contributed by atoms with van der Waals surface area (Å²) in [7, 11) is -3.23. The van der Waals surface area contributed by atoms with E-state index in [0.29, 0.717) is 23.0 Å². The van der Waals surface area contributed by atoms with Crippen molar-refractivity contribution in [2.75, 3.05) is 0 Å². The molecule has 0 amide bonds. The fraction of sp³-hybridized carbons (Fsp3) is 0.939. The Hall–Kier alpha value is 0.0938. The third kappa shape index (κ3) is 6.38. The quantitative estimate of drug-likeness (QED) is 0.211. The summed E-state index contributed by atoms with van der Waals surface area (Å²) in [6, 6.07) is 0. The molecule has 0 heterocycles. The molecule has 4 aliphatic rings. The normalized spacial score (nSPS) is 41.1. The minimum absolute atomic E-state index is 0.300. The molecular weight excluding hydrogens is 485 g/mol. The van der Waals surface area contributed by atoms with Crippen LogP contribution in [0.3, 0.4) is 0 Å². The summed E-state index contributed by atoms with van der Waals surface area (Å²) >= 11 is 0. The third-order valence-corrected chi connectivity index (χ3v) is 13.3. The fourth-order valence-corrected chi connectivity index (χ4v) is 12.0. The molecule has 0 radical (unpaired) electrons. The van der Waals surface area contributed by atoms with E-state index in [1.165, 1.54) is 64.2 Å². The molecule has 0 aromatic carbocycles. The van der Waals surface area contributed by atoms with Crippen molar-refractivity contribution < 1.29 is 8.85 Å². The maximum atomic E-state index is 7.10. The van der Waals surface area contributed by atoms with Crippen LogP contribution >= 0.6 is 0 Å². The molecular formula is C33H62O2Si2. The zero-order valence-corrected chi connectivity index (χ0v) is 28.6. The van der Waals surface area contributed by atoms with Crippen molar-refractivity contribution in [1.82, 2.24) is 0 Å². The van der Waals surface area contributed by atoms with Gasteiger partial charge in [0.2, 0.25) is 0 Å². The predicted octanol–water partition coefficient (Wildman–Crippen LogP) is 10.1. The van der Waals surface area contributed by atoms with Crippen LogP contribution in [0.25, 0.3) is 0 Å². The van der Waals surface area contributed by atoms with Crippen LogP contribution in [0.2, 0.25) is 39.3 Å². The molecule has 0 spiro atoms. The van der Waals surface area contributed by atoms with Crippen molar-refractivity contribution in [3.05, 3.63) is 11.6 Å². The maximum Gasteiger partial charge on any atom is 0.184 e. The molecule has 0 saturated heterocycles. The summed E-state index contributed by atoms with van der Waals surface area (Å²) in [6.07, 6.45) is 17.0. The van der Waals surface area contributed by atoms with Crippen LogP contribution in [0.4, 0.5) is 0 Å². The zero-order chi connectivity index (χ0) is 27.4. The highest BCUT2D eigenvalue weighted by atomic mass is 28.4. The molecule has 9 atom stereocenters. The molecule has 0 N–H and O–H groups in total. The Morgan fingerprint density at radius 1 is 0.838 bits per heavy atom. The van der Waals surface area contributed by atoms with Crippen LogP contribution in [0.1, 0.15) is 98.8 Å². The molecule has 4 rings (SSSR count). The Morgan fingerprint density at radius 3 is 2.14 bits per heavy atom. The topological polar surface area (TPSA) is 18.5 Å². The largest absolute Gasteiger partial charge is 0.411 e. The minimum Gasteiger partial charge on any atom is -0.411 e. The van der Waals surface area contributed by atoms with Crippen molar-refractivity contribution in [2.45, 2.75) is 150 Å². The first-order valence-electron chi connectivity index (χ1n) is 16.1. The van der Waals surface area contributed by atoms with Crippen molar-refractivity contribution in [1.29, 1.82) is 0 Å². The van der Waals surface area contributed by atoms with E-state index in [-0.39, 0.29) is 0 Å². The lowest BCUT2D eigenvalue weighted by Gasteiger charge is -2.61. The van der Waals surface area contributed by atoms with Crippen LogP contribution in [0.15, 0.2) is 11.6 Å². The Kier molecular flexibility index (Phi) is 8.79. The number of hydrogen-bond donors (Lipinski definition) is 0. The molecule has 4 aliphatic carbocycles. The summed E-state index contributed by atoms with van der Waals surface area (Å²) < 4.78 is 13.8. The van der Waals surface area contributed by atoms with Crippen LogP contribution in [0, 0.1) is 46.3 Å². The molecule has 0 aromatic heterocycles. The molecule has 0 aliphatic heterocycles. The lowest BCUT2D eigenvalue weighted by Crippen LogP contribution is -2.56. The van der Waals surface area contributed by atoms with Gasteiger partial charge in [0.1, 0.15) is 0 Å². The van der Waals surface area contributed by atoms with E-state index < -0.39 is 16.6 Å². The maximum absolute atomic E-state index is 7.10. The van der Waals surface area contributed by atoms with Gasteiger partial charge in [-0.25, -0.2) is 0 Å². The van der Waals surface area contributed by atoms with Crippen LogP contribution < -0.4 is 0 Å². The second-order valence-corrected chi connectivity index (χ2v) is 25.6. The Labute approximate surface area is 233 Å². The second-order valence-electron chi connectivity index (χ2n) is 16.7. The molecule has 214 valence electrons. The van der Waals surface area contributed by atoms with Gasteiger partial charge in [-0.1, -0.05) is 60.0 Å². The first kappa shape index (κ1) is 30.1. The van der Waals surface area contributed by atoms with Gasteiger partial charge < -0.3 is 8.85 Å². The summed E-state index contributed by atoms with van der Waals surface area (Å²) in [4.78, 5) is 0. The van der Waals surface area contributed by atoms with E-state index in [0.717, 1.165) is 35.5 Å². The van der Waals surface area contributed by atoms with Crippen LogP contribution in [-0.2, 0) is 8.85 Å². The van der Waals surface area contributed by atoms with Gasteiger partial charge in [0.25, 0.3) is 0 Å². The van der Waals surface area contributed by atoms with Gasteiger partial charge in [0.05, 0.1) is 12.2 Å². The summed E-state index contributed by atoms with van der Waals surface area (Å²) in [5.74, 6) is 5.21. The summed E-state index contributed by atoms with van der Waals surface area (Å²) in [5, 5.41) is 0. The van der Waals surface area contributed by atoms with E-state index in [1.807, 2.05) is 0 Å². The third-order valence-electron chi connectivity index (χ3n) is 11.3. The fourth-order valence-electron chi connectivity index (χ4n) is 9.83. The number of hydrogen-bond acceptors (Lipinski definition) is 2. The Morgan fingerprint density at radius 2 is 1.51 bits per heavy atom. The smallest absolute Gasteiger partial charge is 0.184 e. The SMILES string of the molecule is CC(C)CCC[C@@H](C)[C@H]1CC[C@H]2[C@@H]3C[C@H](O[Si](C)(C)C)C4=C[C@@H](O[Si](C)(C)C)CC[C@]4(C)[C@H]3CC[C@]12C. The molecule has 3 fully saturated rings. The zero-order valence-electron chi connectivity index (χ0n) is 26.6. The van der Waals surface area contributed by atoms with Gasteiger partial charge in [0.15, 0.2) is 16.6 Å². The van der Waals surface area contributed by atoms with Gasteiger partial charge in [-0.15, -0.1) is 0 Å². The second kappa shape index (κ2) is 10.8. The monoisotopic (exact) mass is 546 g/mol. The molecule has 0 unspecified atom stereocenters. The number of fused-ring (bicyclic) bond motifs is 5. The first-order valence-corrected chi connectivity index (χ1v) is 22.9.